The summed E-state index contributed by atoms with van der Waals surface area (Å²) in [6, 6.07) is 5.90. The lowest BCUT2D eigenvalue weighted by atomic mass is 10.0. The molecule has 2 aromatic rings. The maximum Gasteiger partial charge on any atom is 0.271 e. The molecular formula is C18H17FN2O5. The van der Waals surface area contributed by atoms with Gasteiger partial charge in [0.05, 0.1) is 24.8 Å². The van der Waals surface area contributed by atoms with Gasteiger partial charge in [-0.15, -0.1) is 6.58 Å². The number of carbonyl (C=O) groups is 1. The van der Waals surface area contributed by atoms with Crippen molar-refractivity contribution in [1.82, 2.24) is 0 Å². The van der Waals surface area contributed by atoms with Gasteiger partial charge in [-0.1, -0.05) is 6.08 Å². The number of ether oxygens (including phenoxy) is 2. The number of amides is 1. The first kappa shape index (κ1) is 18.9. The van der Waals surface area contributed by atoms with Gasteiger partial charge in [-0.25, -0.2) is 4.39 Å². The number of anilines is 1. The molecule has 0 atom stereocenters. The fourth-order valence-corrected chi connectivity index (χ4v) is 2.40. The van der Waals surface area contributed by atoms with Gasteiger partial charge in [-0.3, -0.25) is 14.9 Å². The molecule has 0 heterocycles. The van der Waals surface area contributed by atoms with Crippen molar-refractivity contribution in [2.45, 2.75) is 6.42 Å². The smallest absolute Gasteiger partial charge is 0.271 e. The zero-order valence-corrected chi connectivity index (χ0v) is 14.2. The highest BCUT2D eigenvalue weighted by Gasteiger charge is 2.18. The van der Waals surface area contributed by atoms with E-state index < -0.39 is 16.6 Å². The number of nitro groups is 1. The molecule has 1 N–H and O–H groups in total. The van der Waals surface area contributed by atoms with E-state index in [1.807, 2.05) is 0 Å². The maximum absolute atomic E-state index is 13.9. The Morgan fingerprint density at radius 2 is 2.04 bits per heavy atom. The van der Waals surface area contributed by atoms with Gasteiger partial charge in [0.1, 0.15) is 5.82 Å². The summed E-state index contributed by atoms with van der Waals surface area (Å²) < 4.78 is 24.4. The number of nitrogens with zero attached hydrogens (tertiary/aromatic N) is 1. The number of non-ortho nitro benzene ring substituents is 1. The van der Waals surface area contributed by atoms with Crippen molar-refractivity contribution < 1.29 is 23.6 Å². The maximum atomic E-state index is 13.9. The summed E-state index contributed by atoms with van der Waals surface area (Å²) in [6.45, 7) is 3.66. The number of carbonyl (C=O) groups excluding carboxylic acids is 1. The largest absolute Gasteiger partial charge is 0.493 e. The molecule has 8 heteroatoms. The number of halogens is 1. The number of hydrogen-bond donors (Lipinski definition) is 1. The third-order valence-corrected chi connectivity index (χ3v) is 3.59. The second kappa shape index (κ2) is 8.11. The molecule has 0 unspecified atom stereocenters. The Bertz CT molecular complexity index is 867. The number of nitro benzene ring substituents is 1. The Morgan fingerprint density at radius 3 is 2.62 bits per heavy atom. The van der Waals surface area contributed by atoms with Gasteiger partial charge in [-0.05, 0) is 24.6 Å². The molecule has 0 saturated heterocycles. The van der Waals surface area contributed by atoms with Crippen LogP contribution in [-0.2, 0) is 6.42 Å². The van der Waals surface area contributed by atoms with Crippen LogP contribution in [0.5, 0.6) is 11.5 Å². The number of methoxy groups -OCH3 is 2. The molecular weight excluding hydrogens is 343 g/mol. The van der Waals surface area contributed by atoms with Gasteiger partial charge in [0.25, 0.3) is 11.6 Å². The summed E-state index contributed by atoms with van der Waals surface area (Å²) in [5.74, 6) is -0.631. The average Bonchev–Trinajstić information content (AvgIpc) is 2.62. The molecule has 0 fully saturated rings. The normalized spacial score (nSPS) is 10.1. The number of allylic oxidation sites excluding steroid dienone is 1. The minimum absolute atomic E-state index is 0.186. The highest BCUT2D eigenvalue weighted by molar-refractivity contribution is 6.05. The van der Waals surface area contributed by atoms with E-state index in [0.717, 1.165) is 18.2 Å². The quantitative estimate of drug-likeness (QED) is 0.461. The molecule has 1 amide bonds. The molecule has 0 bridgehead atoms. The highest BCUT2D eigenvalue weighted by atomic mass is 19.1. The molecule has 0 aromatic heterocycles. The molecule has 26 heavy (non-hydrogen) atoms. The van der Waals surface area contributed by atoms with Crippen molar-refractivity contribution in [3.05, 3.63) is 70.0 Å². The standard InChI is InChI=1S/C18H17FN2O5/c1-4-5-11-8-12(9-16(25-2)17(11)26-3)18(22)20-15-10-13(21(23)24)6-7-14(15)19/h4,6-10H,1,5H2,2-3H3,(H,20,22). The van der Waals surface area contributed by atoms with Gasteiger partial charge < -0.3 is 14.8 Å². The summed E-state index contributed by atoms with van der Waals surface area (Å²) in [5.41, 5.74) is 0.225. The first-order chi connectivity index (χ1) is 12.4. The van der Waals surface area contributed by atoms with Crippen LogP contribution in [0.15, 0.2) is 43.0 Å². The summed E-state index contributed by atoms with van der Waals surface area (Å²) in [7, 11) is 2.90. The molecule has 0 spiro atoms. The Labute approximate surface area is 149 Å². The van der Waals surface area contributed by atoms with Crippen LogP contribution in [-0.4, -0.2) is 25.1 Å². The van der Waals surface area contributed by atoms with Crippen LogP contribution >= 0.6 is 0 Å². The minimum Gasteiger partial charge on any atom is -0.493 e. The van der Waals surface area contributed by atoms with Gasteiger partial charge in [-0.2, -0.15) is 0 Å². The molecule has 136 valence electrons. The van der Waals surface area contributed by atoms with E-state index in [1.54, 1.807) is 12.1 Å². The van der Waals surface area contributed by atoms with Crippen LogP contribution in [0.2, 0.25) is 0 Å². The van der Waals surface area contributed by atoms with E-state index in [0.29, 0.717) is 23.5 Å². The molecule has 7 nitrogen and oxygen atoms in total. The van der Waals surface area contributed by atoms with Crippen molar-refractivity contribution in [3.63, 3.8) is 0 Å². The van der Waals surface area contributed by atoms with Crippen molar-refractivity contribution in [2.75, 3.05) is 19.5 Å². The Kier molecular flexibility index (Phi) is 5.90. The average molecular weight is 360 g/mol. The second-order valence-electron chi connectivity index (χ2n) is 5.24. The Hall–Kier alpha value is -3.42. The van der Waals surface area contributed by atoms with Crippen LogP contribution in [0.1, 0.15) is 15.9 Å². The van der Waals surface area contributed by atoms with Crippen LogP contribution in [0.4, 0.5) is 15.8 Å². The van der Waals surface area contributed by atoms with Crippen LogP contribution in [0.3, 0.4) is 0 Å². The third kappa shape index (κ3) is 3.97. The lowest BCUT2D eigenvalue weighted by molar-refractivity contribution is -0.384. The second-order valence-corrected chi connectivity index (χ2v) is 5.24. The van der Waals surface area contributed by atoms with Crippen LogP contribution in [0, 0.1) is 15.9 Å². The lowest BCUT2D eigenvalue weighted by Crippen LogP contribution is -2.14. The van der Waals surface area contributed by atoms with Gasteiger partial charge in [0.15, 0.2) is 11.5 Å². The monoisotopic (exact) mass is 360 g/mol. The molecule has 0 aliphatic carbocycles. The van der Waals surface area contributed by atoms with Crippen LogP contribution in [0.25, 0.3) is 0 Å². The van der Waals surface area contributed by atoms with Crippen molar-refractivity contribution in [1.29, 1.82) is 0 Å². The summed E-state index contributed by atoms with van der Waals surface area (Å²) >= 11 is 0. The Morgan fingerprint density at radius 1 is 1.31 bits per heavy atom. The van der Waals surface area contributed by atoms with E-state index in [2.05, 4.69) is 11.9 Å². The first-order valence-corrected chi connectivity index (χ1v) is 7.52. The van der Waals surface area contributed by atoms with Crippen LogP contribution < -0.4 is 14.8 Å². The fourth-order valence-electron chi connectivity index (χ4n) is 2.40. The molecule has 0 radical (unpaired) electrons. The number of rotatable bonds is 7. The van der Waals surface area contributed by atoms with E-state index in [-0.39, 0.29) is 16.9 Å². The van der Waals surface area contributed by atoms with Gasteiger partial charge in [0.2, 0.25) is 0 Å². The highest BCUT2D eigenvalue weighted by Crippen LogP contribution is 2.33. The topological polar surface area (TPSA) is 90.7 Å². The number of nitrogens with one attached hydrogen (secondary N) is 1. The van der Waals surface area contributed by atoms with Crippen molar-refractivity contribution in [2.24, 2.45) is 0 Å². The van der Waals surface area contributed by atoms with E-state index in [1.165, 1.54) is 20.3 Å². The first-order valence-electron chi connectivity index (χ1n) is 7.52. The number of hydrogen-bond acceptors (Lipinski definition) is 5. The summed E-state index contributed by atoms with van der Waals surface area (Å²) in [4.78, 5) is 22.7. The van der Waals surface area contributed by atoms with E-state index in [9.17, 15) is 19.3 Å². The molecule has 2 aromatic carbocycles. The molecule has 0 aliphatic rings. The molecule has 0 aliphatic heterocycles. The summed E-state index contributed by atoms with van der Waals surface area (Å²) in [6.07, 6.45) is 2.06. The number of benzene rings is 2. The Balaban J connectivity index is 2.41. The SMILES string of the molecule is C=CCc1cc(C(=O)Nc2cc([N+](=O)[O-])ccc2F)cc(OC)c1OC. The predicted molar refractivity (Wildman–Crippen MR) is 94.5 cm³/mol. The zero-order valence-electron chi connectivity index (χ0n) is 14.2. The van der Waals surface area contributed by atoms with Crippen molar-refractivity contribution >= 4 is 17.3 Å². The van der Waals surface area contributed by atoms with E-state index in [4.69, 9.17) is 9.47 Å². The lowest BCUT2D eigenvalue weighted by Gasteiger charge is -2.14. The predicted octanol–water partition coefficient (Wildman–Crippen LogP) is 3.73. The third-order valence-electron chi connectivity index (χ3n) is 3.59. The van der Waals surface area contributed by atoms with Crippen molar-refractivity contribution in [3.8, 4) is 11.5 Å². The zero-order chi connectivity index (χ0) is 19.3. The fraction of sp³-hybridized carbons (Fsp3) is 0.167. The van der Waals surface area contributed by atoms with E-state index >= 15 is 0 Å². The van der Waals surface area contributed by atoms with Gasteiger partial charge in [0, 0.05) is 23.3 Å². The molecule has 0 saturated carbocycles. The summed E-state index contributed by atoms with van der Waals surface area (Å²) in [5, 5.41) is 13.2. The van der Waals surface area contributed by atoms with Gasteiger partial charge >= 0.3 is 0 Å². The minimum atomic E-state index is -0.782. The molecule has 2 rings (SSSR count).